The predicted octanol–water partition coefficient (Wildman–Crippen LogP) is 2.71. The maximum Gasteiger partial charge on any atom is 0.251 e. The number of rotatable bonds is 7. The van der Waals surface area contributed by atoms with Gasteiger partial charge in [0.2, 0.25) is 10.0 Å². The Balaban J connectivity index is 1.59. The zero-order valence-electron chi connectivity index (χ0n) is 17.1. The summed E-state index contributed by atoms with van der Waals surface area (Å²) in [6, 6.07) is 6.71. The normalized spacial score (nSPS) is 20.9. The lowest BCUT2D eigenvalue weighted by Gasteiger charge is -2.29. The number of likely N-dealkylation sites (tertiary alicyclic amines) is 1. The lowest BCUT2D eigenvalue weighted by Crippen LogP contribution is -2.42. The Hall–Kier alpha value is -1.44. The summed E-state index contributed by atoms with van der Waals surface area (Å²) < 4.78 is 27.2. The average Bonchev–Trinajstić information content (AvgIpc) is 3.23. The Morgan fingerprint density at radius 3 is 2.29 bits per heavy atom. The van der Waals surface area contributed by atoms with Crippen LogP contribution in [0.2, 0.25) is 0 Å². The maximum absolute atomic E-state index is 12.8. The van der Waals surface area contributed by atoms with E-state index < -0.39 is 10.0 Å². The van der Waals surface area contributed by atoms with Crippen molar-refractivity contribution in [2.45, 2.75) is 56.9 Å². The molecule has 0 aliphatic carbocycles. The number of hydrogen-bond acceptors (Lipinski definition) is 4. The number of hydrogen-bond donors (Lipinski definition) is 1. The molecule has 1 atom stereocenters. The highest BCUT2D eigenvalue weighted by atomic mass is 32.2. The number of nitrogens with zero attached hydrogens (tertiary/aromatic N) is 2. The van der Waals surface area contributed by atoms with E-state index in [2.05, 4.69) is 24.1 Å². The molecule has 28 heavy (non-hydrogen) atoms. The van der Waals surface area contributed by atoms with Crippen LogP contribution in [-0.4, -0.2) is 62.3 Å². The van der Waals surface area contributed by atoms with Gasteiger partial charge in [-0.25, -0.2) is 8.42 Å². The zero-order valence-corrected chi connectivity index (χ0v) is 17.9. The first-order valence-electron chi connectivity index (χ1n) is 10.5. The molecule has 1 aromatic rings. The number of carbonyl (C=O) groups excluding carboxylic acids is 1. The fraction of sp³-hybridized carbons (Fsp3) is 0.667. The molecule has 1 N–H and O–H groups in total. The van der Waals surface area contributed by atoms with Gasteiger partial charge in [0.15, 0.2) is 0 Å². The topological polar surface area (TPSA) is 69.7 Å². The van der Waals surface area contributed by atoms with Gasteiger partial charge >= 0.3 is 0 Å². The molecule has 2 fully saturated rings. The van der Waals surface area contributed by atoms with Crippen LogP contribution in [0.4, 0.5) is 0 Å². The molecule has 156 valence electrons. The van der Waals surface area contributed by atoms with Crippen LogP contribution in [0.3, 0.4) is 0 Å². The second kappa shape index (κ2) is 9.37. The Labute approximate surface area is 169 Å². The molecule has 1 aromatic carbocycles. The molecule has 0 spiro atoms. The number of amides is 1. The second-order valence-electron chi connectivity index (χ2n) is 8.13. The largest absolute Gasteiger partial charge is 0.350 e. The highest BCUT2D eigenvalue weighted by molar-refractivity contribution is 7.89. The third kappa shape index (κ3) is 4.93. The van der Waals surface area contributed by atoms with Crippen LogP contribution in [0.15, 0.2) is 29.2 Å². The average molecular weight is 408 g/mol. The molecule has 2 aliphatic heterocycles. The van der Waals surface area contributed by atoms with Crippen LogP contribution in [0.5, 0.6) is 0 Å². The summed E-state index contributed by atoms with van der Waals surface area (Å²) in [4.78, 5) is 15.2. The smallest absolute Gasteiger partial charge is 0.251 e. The monoisotopic (exact) mass is 407 g/mol. The minimum absolute atomic E-state index is 0.145. The van der Waals surface area contributed by atoms with Gasteiger partial charge in [0.25, 0.3) is 5.91 Å². The van der Waals surface area contributed by atoms with Crippen LogP contribution in [0.1, 0.15) is 56.3 Å². The first-order valence-corrected chi connectivity index (χ1v) is 12.0. The fourth-order valence-corrected chi connectivity index (χ4v) is 5.57. The fourth-order valence-electron chi connectivity index (χ4n) is 4.10. The highest BCUT2D eigenvalue weighted by Gasteiger charge is 2.28. The molecule has 0 radical (unpaired) electrons. The van der Waals surface area contributed by atoms with Crippen molar-refractivity contribution in [2.24, 2.45) is 5.92 Å². The minimum atomic E-state index is -3.47. The molecular weight excluding hydrogens is 374 g/mol. The molecule has 2 saturated heterocycles. The number of benzene rings is 1. The third-order valence-corrected chi connectivity index (χ3v) is 8.04. The van der Waals surface area contributed by atoms with Crippen molar-refractivity contribution in [3.8, 4) is 0 Å². The van der Waals surface area contributed by atoms with Crippen LogP contribution in [0.25, 0.3) is 0 Å². The molecule has 6 nitrogen and oxygen atoms in total. The summed E-state index contributed by atoms with van der Waals surface area (Å²) >= 11 is 0. The standard InChI is InChI=1S/C21H33N3O3S/c1-3-19(23-12-4-5-13-23)16-22-21(25)18-6-8-20(9-7-18)28(26,27)24-14-10-17(2)11-15-24/h6-9,17,19H,3-5,10-16H2,1-2H3,(H,22,25). The summed E-state index contributed by atoms with van der Waals surface area (Å²) in [5.41, 5.74) is 0.502. The minimum Gasteiger partial charge on any atom is -0.350 e. The Bertz CT molecular complexity index is 750. The van der Waals surface area contributed by atoms with E-state index in [1.165, 1.54) is 12.8 Å². The van der Waals surface area contributed by atoms with E-state index in [4.69, 9.17) is 0 Å². The van der Waals surface area contributed by atoms with E-state index in [1.807, 2.05) is 0 Å². The zero-order chi connectivity index (χ0) is 20.1. The second-order valence-corrected chi connectivity index (χ2v) is 10.1. The molecule has 0 saturated carbocycles. The van der Waals surface area contributed by atoms with Gasteiger partial charge in [-0.2, -0.15) is 4.31 Å². The number of sulfonamides is 1. The van der Waals surface area contributed by atoms with Crippen LogP contribution in [0, 0.1) is 5.92 Å². The van der Waals surface area contributed by atoms with E-state index in [-0.39, 0.29) is 10.8 Å². The molecule has 0 aromatic heterocycles. The van der Waals surface area contributed by atoms with Gasteiger partial charge in [-0.1, -0.05) is 13.8 Å². The van der Waals surface area contributed by atoms with E-state index >= 15 is 0 Å². The molecule has 1 unspecified atom stereocenters. The lowest BCUT2D eigenvalue weighted by atomic mass is 10.0. The van der Waals surface area contributed by atoms with Crippen molar-refractivity contribution in [3.63, 3.8) is 0 Å². The Morgan fingerprint density at radius 2 is 1.71 bits per heavy atom. The van der Waals surface area contributed by atoms with Crippen molar-refractivity contribution in [1.29, 1.82) is 0 Å². The molecule has 2 heterocycles. The maximum atomic E-state index is 12.8. The molecule has 2 aliphatic rings. The van der Waals surface area contributed by atoms with E-state index in [0.29, 0.717) is 37.2 Å². The summed E-state index contributed by atoms with van der Waals surface area (Å²) in [5, 5.41) is 3.01. The first-order chi connectivity index (χ1) is 13.4. The number of piperidine rings is 1. The highest BCUT2D eigenvalue weighted by Crippen LogP contribution is 2.23. The van der Waals surface area contributed by atoms with Crippen molar-refractivity contribution >= 4 is 15.9 Å². The first kappa shape index (κ1) is 21.3. The molecule has 7 heteroatoms. The quantitative estimate of drug-likeness (QED) is 0.755. The summed E-state index contributed by atoms with van der Waals surface area (Å²) in [6.07, 6.45) is 5.27. The van der Waals surface area contributed by atoms with E-state index in [0.717, 1.165) is 32.4 Å². The van der Waals surface area contributed by atoms with Crippen LogP contribution < -0.4 is 5.32 Å². The van der Waals surface area contributed by atoms with Gasteiger partial charge in [-0.15, -0.1) is 0 Å². The van der Waals surface area contributed by atoms with Crippen molar-refractivity contribution in [3.05, 3.63) is 29.8 Å². The van der Waals surface area contributed by atoms with Crippen molar-refractivity contribution in [2.75, 3.05) is 32.7 Å². The molecule has 1 amide bonds. The van der Waals surface area contributed by atoms with Crippen LogP contribution >= 0.6 is 0 Å². The molecule has 0 bridgehead atoms. The van der Waals surface area contributed by atoms with Gasteiger partial charge in [-0.3, -0.25) is 9.69 Å². The van der Waals surface area contributed by atoms with Gasteiger partial charge in [0.05, 0.1) is 4.90 Å². The molecule has 3 rings (SSSR count). The van der Waals surface area contributed by atoms with Gasteiger partial charge in [0.1, 0.15) is 0 Å². The Kier molecular flexibility index (Phi) is 7.12. The van der Waals surface area contributed by atoms with Gasteiger partial charge in [0, 0.05) is 31.2 Å². The van der Waals surface area contributed by atoms with Gasteiger partial charge < -0.3 is 5.32 Å². The third-order valence-electron chi connectivity index (χ3n) is 6.12. The summed E-state index contributed by atoms with van der Waals surface area (Å²) in [6.45, 7) is 8.29. The number of nitrogens with one attached hydrogen (secondary N) is 1. The van der Waals surface area contributed by atoms with Crippen molar-refractivity contribution < 1.29 is 13.2 Å². The van der Waals surface area contributed by atoms with E-state index in [1.54, 1.807) is 28.6 Å². The lowest BCUT2D eigenvalue weighted by molar-refractivity contribution is 0.0937. The number of carbonyl (C=O) groups is 1. The summed E-state index contributed by atoms with van der Waals surface area (Å²) in [5.74, 6) is 0.429. The van der Waals surface area contributed by atoms with Gasteiger partial charge in [-0.05, 0) is 75.4 Å². The van der Waals surface area contributed by atoms with Crippen molar-refractivity contribution in [1.82, 2.24) is 14.5 Å². The SMILES string of the molecule is CCC(CNC(=O)c1ccc(S(=O)(=O)N2CCC(C)CC2)cc1)N1CCCC1. The van der Waals surface area contributed by atoms with Crippen LogP contribution in [-0.2, 0) is 10.0 Å². The molecular formula is C21H33N3O3S. The Morgan fingerprint density at radius 1 is 1.11 bits per heavy atom. The summed E-state index contributed by atoms with van der Waals surface area (Å²) in [7, 11) is -3.47. The predicted molar refractivity (Wildman–Crippen MR) is 111 cm³/mol. The van der Waals surface area contributed by atoms with E-state index in [9.17, 15) is 13.2 Å².